The Kier molecular flexibility index (Phi) is 48.1. The third kappa shape index (κ3) is 35.5. The molecular formula is C100H126BCl5LiN13O20S2. The van der Waals surface area contributed by atoms with Gasteiger partial charge < -0.3 is 82.2 Å². The molecule has 17 heterocycles. The van der Waals surface area contributed by atoms with Crippen LogP contribution in [0.15, 0.2) is 133 Å². The number of hydrogen-bond acceptors (Lipinski definition) is 32. The number of ether oxygens (including phenoxy) is 10. The number of carbonyl (C=O) groups excluding carboxylic acids is 4. The predicted molar refractivity (Wildman–Crippen MR) is 544 cm³/mol. The van der Waals surface area contributed by atoms with Gasteiger partial charge in [-0.15, -0.1) is 22.7 Å². The average molecular weight is 2090 g/mol. The number of thiophene rings is 2. The van der Waals surface area contributed by atoms with Crippen LogP contribution in [0.4, 0.5) is 0 Å². The maximum Gasteiger partial charge on any atom is 1.00 e. The Hall–Kier alpha value is -8.79. The van der Waals surface area contributed by atoms with E-state index >= 15 is 0 Å². The largest absolute Gasteiger partial charge is 1.00 e. The zero-order valence-corrected chi connectivity index (χ0v) is 88.0. The molecule has 6 fully saturated rings. The van der Waals surface area contributed by atoms with Crippen molar-refractivity contribution in [2.24, 2.45) is 0 Å². The van der Waals surface area contributed by atoms with E-state index in [0.29, 0.717) is 109 Å². The first-order valence-corrected chi connectivity index (χ1v) is 51.1. The van der Waals surface area contributed by atoms with E-state index in [1.54, 1.807) is 69.2 Å². The minimum Gasteiger partial charge on any atom is -0.870 e. The number of ketones is 3. The molecule has 11 aromatic heterocycles. The van der Waals surface area contributed by atoms with Gasteiger partial charge in [0.1, 0.15) is 52.2 Å². The Morgan fingerprint density at radius 1 is 0.486 bits per heavy atom. The molecule has 7 atom stereocenters. The molecule has 3 N–H and O–H groups in total. The number of hydrogen-bond donors (Lipinski definition) is 2. The van der Waals surface area contributed by atoms with Crippen LogP contribution >= 0.6 is 80.7 Å². The number of carboxylic acid groups (broad SMARTS) is 1. The molecule has 6 aliphatic rings. The van der Waals surface area contributed by atoms with Crippen LogP contribution in [0.3, 0.4) is 0 Å². The van der Waals surface area contributed by atoms with Crippen molar-refractivity contribution in [1.82, 2.24) is 63.9 Å². The van der Waals surface area contributed by atoms with E-state index in [4.69, 9.17) is 140 Å². The van der Waals surface area contributed by atoms with Gasteiger partial charge in [-0.3, -0.25) is 14.4 Å². The summed E-state index contributed by atoms with van der Waals surface area (Å²) in [6, 6.07) is 28.3. The Labute approximate surface area is 874 Å². The molecule has 0 saturated carbocycles. The number of nitrogens with zero attached hydrogens (tertiary/aromatic N) is 13. The van der Waals surface area contributed by atoms with E-state index in [2.05, 4.69) is 87.5 Å². The van der Waals surface area contributed by atoms with Crippen molar-refractivity contribution in [2.45, 2.75) is 227 Å². The van der Waals surface area contributed by atoms with Crippen LogP contribution in [0.2, 0.25) is 25.8 Å². The fraction of sp³-hybridized carbons (Fsp3) is 0.500. The summed E-state index contributed by atoms with van der Waals surface area (Å²) in [5.41, 5.74) is 6.81. The standard InChI is InChI=1S/C29H35N5O3S.C19H29ClN2O3.C16H18BN3O2S.C13H16ClNO4.C11H12ClNO4.C7H5Cl2NO.C5H10O2.Li.H2O/c1-4-33(5-2)20(3)10-11-26(35)21-16-25(31-28(17-21)37-19-22-8-6-14-36-22)23-18-30-34-13-12-24(32-29(23)34)27-9-7-15-38-27;1-4-22(5-2)14(3)8-9-17(23)15-11-18(20)21-19(12-15)25-13-16-7-6-10-24-16;1-15(2)16(3,4)22-17(21-15)11-10-18-20-8-7-12(19-14(11)20)13-6-5-9-23-13;1-2-17-13(16)9-6-11(14)15-12(7-9)19-8-10-4-3-5-18-10;12-9-4-7(11(14)15)5-10(13-9)17-6-8-2-1-3-16-8;1-4(11)5-2-6(8)10-7(9)3-5;6-4-5-2-1-3-7-5;;/h7,9,12-13,15-18,20,22H,4-6,8,10-11,14,19H2,1-3H3;11-12,14,16H,4-10,13H2,1-3H3;5-10H,1-4H3;6-7,10H,2-5,8H2,1H3;4-5,8H,1-3,6H2,(H,14,15);2-3H,1H3;5-6H,1-4H2;;1H2/q;;;;;;;+1;/p-1/t20-,22+;14-,16+;;10-;8-;;5-;;/m00.11.1../s1. The van der Waals surface area contributed by atoms with Crippen LogP contribution in [0, 0.1) is 0 Å². The number of aliphatic hydroxyl groups is 1. The minimum absolute atomic E-state index is 0. The number of fused-ring (bicyclic) bond motifs is 2. The van der Waals surface area contributed by atoms with E-state index in [9.17, 15) is 24.0 Å². The third-order valence-corrected chi connectivity index (χ3v) is 27.0. The van der Waals surface area contributed by atoms with Gasteiger partial charge in [0.15, 0.2) is 28.6 Å². The molecule has 0 unspecified atom stereocenters. The van der Waals surface area contributed by atoms with Crippen molar-refractivity contribution >= 4 is 134 Å². The Balaban J connectivity index is 0.000000193. The maximum atomic E-state index is 13.4. The first kappa shape index (κ1) is 117. The zero-order chi connectivity index (χ0) is 100. The molecule has 17 rings (SSSR count). The van der Waals surface area contributed by atoms with Crippen molar-refractivity contribution in [1.29, 1.82) is 0 Å². The molecule has 11 aromatic rings. The van der Waals surface area contributed by atoms with E-state index in [1.807, 2.05) is 87.2 Å². The summed E-state index contributed by atoms with van der Waals surface area (Å²) < 4.78 is 70.4. The summed E-state index contributed by atoms with van der Waals surface area (Å²) in [6.45, 7) is 34.3. The van der Waals surface area contributed by atoms with Crippen LogP contribution in [-0.2, 0) is 37.7 Å². The van der Waals surface area contributed by atoms with Crippen molar-refractivity contribution < 1.29 is 115 Å². The van der Waals surface area contributed by atoms with Crippen molar-refractivity contribution in [3.63, 3.8) is 0 Å². The molecule has 0 amide bonds. The SMILES string of the molecule is CC(=O)c1cc(Cl)nc(Cl)c1.CC1(C)OB(c2cnn3ccc(-c4cccs4)nc23)OC1(C)C.CCN(CC)[C@@H](C)CCC(=O)c1cc(Cl)nc(OC[C@H]2CCCO2)c1.CCN(CC)[C@@H](C)CCC(=O)c1cc(OC[C@H]2CCCO2)nc(-c2cnn3ccc(-c4cccs4)nc23)c1.CCOC(=O)c1cc(Cl)nc(OC[C@H]2CCCO2)c1.O=C(O)c1cc(Cl)nc(OC[C@H]2CCCO2)c1.OC[C@H]1CCCO1.[Li+].[OH-]. The first-order valence-electron chi connectivity index (χ1n) is 47.5. The maximum absolute atomic E-state index is 13.4. The van der Waals surface area contributed by atoms with Gasteiger partial charge in [-0.1, -0.05) is 97.8 Å². The number of esters is 1. The van der Waals surface area contributed by atoms with Crippen LogP contribution in [-0.4, -0.2) is 269 Å². The average Bonchev–Trinajstić information content (AvgIpc) is 1.63. The van der Waals surface area contributed by atoms with E-state index in [1.165, 1.54) is 43.3 Å². The smallest absolute Gasteiger partial charge is 0.870 e. The Morgan fingerprint density at radius 2 is 0.859 bits per heavy atom. The number of aromatic carboxylic acids is 1. The fourth-order valence-electron chi connectivity index (χ4n) is 15.6. The van der Waals surface area contributed by atoms with Gasteiger partial charge in [0, 0.05) is 117 Å². The van der Waals surface area contributed by atoms with Crippen molar-refractivity contribution in [3.8, 4) is 55.9 Å². The van der Waals surface area contributed by atoms with Crippen LogP contribution in [0.5, 0.6) is 23.5 Å². The number of carboxylic acids is 1. The third-order valence-electron chi connectivity index (χ3n) is 24.2. The van der Waals surface area contributed by atoms with Gasteiger partial charge in [0.25, 0.3) is 0 Å². The van der Waals surface area contributed by atoms with E-state index in [0.717, 1.165) is 174 Å². The molecule has 0 spiro atoms. The summed E-state index contributed by atoms with van der Waals surface area (Å²) in [7, 11) is -0.455. The van der Waals surface area contributed by atoms with Crippen molar-refractivity contribution in [3.05, 3.63) is 186 Å². The van der Waals surface area contributed by atoms with Gasteiger partial charge in [0.05, 0.1) is 111 Å². The van der Waals surface area contributed by atoms with Gasteiger partial charge in [-0.25, -0.2) is 53.5 Å². The number of Topliss-reactive ketones (excluding diaryl/α,β-unsaturated/α-hetero) is 3. The summed E-state index contributed by atoms with van der Waals surface area (Å²) in [5, 5.41) is 31.3. The number of halogens is 5. The molecule has 33 nitrogen and oxygen atoms in total. The molecule has 0 aromatic carbocycles. The quantitative estimate of drug-likeness (QED) is 0.0161. The molecular weight excluding hydrogens is 1960 g/mol. The van der Waals surface area contributed by atoms with Gasteiger partial charge >= 0.3 is 37.9 Å². The molecule has 6 aliphatic heterocycles. The van der Waals surface area contributed by atoms with Gasteiger partial charge in [-0.2, -0.15) is 10.2 Å². The Bertz CT molecular complexity index is 5750. The molecule has 762 valence electrons. The second kappa shape index (κ2) is 58.5. The van der Waals surface area contributed by atoms with Gasteiger partial charge in [0.2, 0.25) is 23.5 Å². The summed E-state index contributed by atoms with van der Waals surface area (Å²) in [5.74, 6) is -0.0728. The monoisotopic (exact) mass is 2090 g/mol. The van der Waals surface area contributed by atoms with E-state index < -0.39 is 19.1 Å². The predicted octanol–water partition coefficient (Wildman–Crippen LogP) is 16.6. The van der Waals surface area contributed by atoms with Crippen LogP contribution in [0.1, 0.15) is 225 Å². The summed E-state index contributed by atoms with van der Waals surface area (Å²) in [6.07, 6.45) is 20.6. The van der Waals surface area contributed by atoms with Gasteiger partial charge in [-0.05, 0) is 230 Å². The summed E-state index contributed by atoms with van der Waals surface area (Å²) in [4.78, 5) is 96.3. The minimum atomic E-state index is -1.06. The molecule has 0 radical (unpaired) electrons. The second-order valence-electron chi connectivity index (χ2n) is 34.7. The number of aromatic nitrogens is 11. The second-order valence-corrected chi connectivity index (χ2v) is 38.6. The number of aliphatic hydroxyl groups excluding tert-OH is 1. The number of rotatable bonds is 35. The van der Waals surface area contributed by atoms with Crippen molar-refractivity contribution in [2.75, 3.05) is 98.9 Å². The first-order chi connectivity index (χ1) is 67.3. The Morgan fingerprint density at radius 3 is 1.25 bits per heavy atom. The molecule has 42 heteroatoms. The zero-order valence-electron chi connectivity index (χ0n) is 82.6. The van der Waals surface area contributed by atoms with E-state index in [-0.39, 0.29) is 127 Å². The topological polar surface area (TPSA) is 398 Å². The summed E-state index contributed by atoms with van der Waals surface area (Å²) >= 11 is 32.0. The molecule has 142 heavy (non-hydrogen) atoms. The van der Waals surface area contributed by atoms with Crippen LogP contribution < -0.4 is 43.3 Å². The van der Waals surface area contributed by atoms with Crippen LogP contribution in [0.25, 0.3) is 43.7 Å². The molecule has 0 aliphatic carbocycles. The molecule has 6 saturated heterocycles. The molecule has 0 bridgehead atoms. The normalized spacial score (nSPS) is 17.9. The fourth-order valence-corrected chi connectivity index (χ4v) is 18.1. The number of carbonyl (C=O) groups is 5. The number of pyridine rings is 5.